The van der Waals surface area contributed by atoms with Gasteiger partial charge in [0.1, 0.15) is 5.58 Å². The van der Waals surface area contributed by atoms with Crippen LogP contribution in [0, 0.1) is 0 Å². The van der Waals surface area contributed by atoms with Crippen LogP contribution < -0.4 is 4.74 Å². The number of fused-ring (bicyclic) bond motifs is 1. The van der Waals surface area contributed by atoms with Crippen LogP contribution in [-0.2, 0) is 0 Å². The fourth-order valence-corrected chi connectivity index (χ4v) is 1.18. The number of hydrogen-bond acceptors (Lipinski definition) is 4. The molecule has 2 heterocycles. The molecule has 2 aromatic heterocycles. The Balaban J connectivity index is 2.74. The monoisotopic (exact) mass is 177 g/mol. The van der Waals surface area contributed by atoms with Crippen molar-refractivity contribution < 1.29 is 13.9 Å². The number of aromatic nitrogens is 1. The van der Waals surface area contributed by atoms with Gasteiger partial charge in [-0.2, -0.15) is 0 Å². The predicted molar refractivity (Wildman–Crippen MR) is 45.9 cm³/mol. The van der Waals surface area contributed by atoms with Crippen LogP contribution in [0.5, 0.6) is 5.88 Å². The number of ether oxygens (including phenoxy) is 1. The summed E-state index contributed by atoms with van der Waals surface area (Å²) < 4.78 is 10.2. The van der Waals surface area contributed by atoms with Crippen molar-refractivity contribution in [2.45, 2.75) is 0 Å². The number of pyridine rings is 1. The minimum atomic E-state index is 0.279. The second-order valence-electron chi connectivity index (χ2n) is 2.50. The van der Waals surface area contributed by atoms with Crippen LogP contribution >= 0.6 is 0 Å². The average Bonchev–Trinajstić information content (AvgIpc) is 2.59. The highest BCUT2D eigenvalue weighted by molar-refractivity contribution is 5.88. The van der Waals surface area contributed by atoms with E-state index < -0.39 is 0 Å². The van der Waals surface area contributed by atoms with Gasteiger partial charge in [-0.15, -0.1) is 0 Å². The molecule has 0 fully saturated rings. The summed E-state index contributed by atoms with van der Waals surface area (Å²) in [5, 5.41) is 0.715. The first-order valence-electron chi connectivity index (χ1n) is 3.73. The third-order valence-corrected chi connectivity index (χ3v) is 1.74. The molecular formula is C9H7NO3. The summed E-state index contributed by atoms with van der Waals surface area (Å²) in [4.78, 5) is 14.4. The minimum absolute atomic E-state index is 0.279. The van der Waals surface area contributed by atoms with Crippen molar-refractivity contribution in [1.29, 1.82) is 0 Å². The molecule has 4 heteroatoms. The largest absolute Gasteiger partial charge is 0.480 e. The van der Waals surface area contributed by atoms with Gasteiger partial charge >= 0.3 is 0 Å². The SMILES string of the molecule is COc1nccc2oc(C=O)cc12. The Morgan fingerprint density at radius 2 is 2.46 bits per heavy atom. The average molecular weight is 177 g/mol. The molecule has 0 N–H and O–H groups in total. The van der Waals surface area contributed by atoms with Crippen molar-refractivity contribution in [1.82, 2.24) is 4.98 Å². The Labute approximate surface area is 74.1 Å². The molecule has 0 aliphatic heterocycles. The maximum atomic E-state index is 10.4. The molecule has 0 bridgehead atoms. The number of carbonyl (C=O) groups excluding carboxylic acids is 1. The van der Waals surface area contributed by atoms with Gasteiger partial charge in [-0.25, -0.2) is 4.98 Å². The molecule has 0 radical (unpaired) electrons. The molecule has 0 amide bonds. The van der Waals surface area contributed by atoms with Crippen LogP contribution in [0.25, 0.3) is 11.0 Å². The van der Waals surface area contributed by atoms with Gasteiger partial charge in [-0.3, -0.25) is 4.79 Å². The zero-order valence-corrected chi connectivity index (χ0v) is 6.98. The van der Waals surface area contributed by atoms with Crippen LogP contribution in [0.4, 0.5) is 0 Å². The van der Waals surface area contributed by atoms with Crippen molar-refractivity contribution in [2.24, 2.45) is 0 Å². The van der Waals surface area contributed by atoms with E-state index in [1.807, 2.05) is 0 Å². The Morgan fingerprint density at radius 1 is 1.62 bits per heavy atom. The lowest BCUT2D eigenvalue weighted by Crippen LogP contribution is -1.85. The maximum Gasteiger partial charge on any atom is 0.224 e. The summed E-state index contributed by atoms with van der Waals surface area (Å²) in [6.45, 7) is 0. The summed E-state index contributed by atoms with van der Waals surface area (Å²) >= 11 is 0. The van der Waals surface area contributed by atoms with Crippen molar-refractivity contribution in [3.63, 3.8) is 0 Å². The van der Waals surface area contributed by atoms with Crippen LogP contribution in [0.1, 0.15) is 10.6 Å². The molecule has 0 spiro atoms. The molecule has 0 unspecified atom stereocenters. The van der Waals surface area contributed by atoms with Gasteiger partial charge in [0.25, 0.3) is 0 Å². The number of methoxy groups -OCH3 is 1. The van der Waals surface area contributed by atoms with E-state index in [1.165, 1.54) is 7.11 Å². The van der Waals surface area contributed by atoms with E-state index in [2.05, 4.69) is 4.98 Å². The zero-order valence-electron chi connectivity index (χ0n) is 6.98. The lowest BCUT2D eigenvalue weighted by Gasteiger charge is -1.96. The van der Waals surface area contributed by atoms with Crippen LogP contribution in [0.15, 0.2) is 22.7 Å². The molecule has 0 aromatic carbocycles. The van der Waals surface area contributed by atoms with Gasteiger partial charge < -0.3 is 9.15 Å². The Hall–Kier alpha value is -1.84. The quantitative estimate of drug-likeness (QED) is 0.654. The second kappa shape index (κ2) is 2.90. The number of carbonyl (C=O) groups is 1. The number of furan rings is 1. The smallest absolute Gasteiger partial charge is 0.224 e. The first-order valence-corrected chi connectivity index (χ1v) is 3.73. The van der Waals surface area contributed by atoms with Crippen LogP contribution in [0.2, 0.25) is 0 Å². The summed E-state index contributed by atoms with van der Waals surface area (Å²) in [5.74, 6) is 0.746. The minimum Gasteiger partial charge on any atom is -0.480 e. The van der Waals surface area contributed by atoms with E-state index in [4.69, 9.17) is 9.15 Å². The summed E-state index contributed by atoms with van der Waals surface area (Å²) in [5.41, 5.74) is 0.606. The molecule has 0 aliphatic carbocycles. The lowest BCUT2D eigenvalue weighted by atomic mass is 10.3. The van der Waals surface area contributed by atoms with Crippen molar-refractivity contribution >= 4 is 17.3 Å². The van der Waals surface area contributed by atoms with E-state index in [0.29, 0.717) is 23.1 Å². The van der Waals surface area contributed by atoms with Gasteiger partial charge in [-0.1, -0.05) is 0 Å². The molecule has 2 rings (SSSR count). The highest BCUT2D eigenvalue weighted by Gasteiger charge is 2.07. The van der Waals surface area contributed by atoms with Gasteiger partial charge in [0.2, 0.25) is 5.88 Å². The van der Waals surface area contributed by atoms with Gasteiger partial charge in [0.05, 0.1) is 12.5 Å². The van der Waals surface area contributed by atoms with E-state index in [0.717, 1.165) is 0 Å². The molecule has 0 atom stereocenters. The van der Waals surface area contributed by atoms with E-state index in [1.54, 1.807) is 18.3 Å². The topological polar surface area (TPSA) is 52.3 Å². The number of hydrogen-bond donors (Lipinski definition) is 0. The van der Waals surface area contributed by atoms with Crippen molar-refractivity contribution in [3.05, 3.63) is 24.1 Å². The van der Waals surface area contributed by atoms with Gasteiger partial charge in [0.15, 0.2) is 12.0 Å². The van der Waals surface area contributed by atoms with Crippen molar-refractivity contribution in [3.8, 4) is 5.88 Å². The summed E-state index contributed by atoms with van der Waals surface area (Å²) in [6.07, 6.45) is 2.22. The van der Waals surface area contributed by atoms with Crippen LogP contribution in [-0.4, -0.2) is 18.4 Å². The third kappa shape index (κ3) is 1.16. The molecule has 2 aromatic rings. The third-order valence-electron chi connectivity index (χ3n) is 1.74. The normalized spacial score (nSPS) is 10.2. The molecule has 4 nitrogen and oxygen atoms in total. The van der Waals surface area contributed by atoms with Crippen LogP contribution in [0.3, 0.4) is 0 Å². The predicted octanol–water partition coefficient (Wildman–Crippen LogP) is 1.65. The maximum absolute atomic E-state index is 10.4. The molecule has 0 saturated carbocycles. The standard InChI is InChI=1S/C9H7NO3/c1-12-9-7-4-6(5-11)13-8(7)2-3-10-9/h2-5H,1H3. The molecule has 0 aliphatic rings. The number of aldehydes is 1. The fourth-order valence-electron chi connectivity index (χ4n) is 1.18. The van der Waals surface area contributed by atoms with E-state index in [9.17, 15) is 4.79 Å². The molecule has 0 saturated heterocycles. The van der Waals surface area contributed by atoms with Gasteiger partial charge in [0, 0.05) is 18.3 Å². The summed E-state index contributed by atoms with van der Waals surface area (Å²) in [7, 11) is 1.52. The zero-order chi connectivity index (χ0) is 9.26. The number of nitrogens with zero attached hydrogens (tertiary/aromatic N) is 1. The first kappa shape index (κ1) is 7.79. The Bertz CT molecular complexity index is 447. The molecule has 13 heavy (non-hydrogen) atoms. The Morgan fingerprint density at radius 3 is 3.15 bits per heavy atom. The summed E-state index contributed by atoms with van der Waals surface area (Å²) in [6, 6.07) is 3.29. The number of rotatable bonds is 2. The first-order chi connectivity index (χ1) is 6.35. The molecule has 66 valence electrons. The Kier molecular flexibility index (Phi) is 1.73. The highest BCUT2D eigenvalue weighted by Crippen LogP contribution is 2.25. The highest BCUT2D eigenvalue weighted by atomic mass is 16.5. The lowest BCUT2D eigenvalue weighted by molar-refractivity contribution is 0.110. The van der Waals surface area contributed by atoms with Crippen molar-refractivity contribution in [2.75, 3.05) is 7.11 Å². The fraction of sp³-hybridized carbons (Fsp3) is 0.111. The van der Waals surface area contributed by atoms with Gasteiger partial charge in [-0.05, 0) is 0 Å². The van der Waals surface area contributed by atoms with E-state index in [-0.39, 0.29) is 5.76 Å². The van der Waals surface area contributed by atoms with E-state index >= 15 is 0 Å². The molecular weight excluding hydrogens is 170 g/mol. The second-order valence-corrected chi connectivity index (χ2v) is 2.50.